The van der Waals surface area contributed by atoms with Crippen LogP contribution in [0, 0.1) is 4.91 Å². The van der Waals surface area contributed by atoms with E-state index in [9.17, 15) is 10.0 Å². The Morgan fingerprint density at radius 3 is 2.10 bits per heavy atom. The third-order valence-electron chi connectivity index (χ3n) is 0.942. The van der Waals surface area contributed by atoms with Crippen molar-refractivity contribution in [2.75, 3.05) is 0 Å². The molecule has 0 N–H and O–H groups in total. The average molecular weight is 129 g/mol. The van der Waals surface area contributed by atoms with Gasteiger partial charge in [0, 0.05) is 0 Å². The van der Waals surface area contributed by atoms with Crippen LogP contribution in [-0.2, 0) is 0 Å². The molecule has 3 nitrogen and oxygen atoms in total. The predicted octanol–water partition coefficient (Wildman–Crippen LogP) is -1.84. The molecule has 0 bridgehead atoms. The van der Waals surface area contributed by atoms with Crippen LogP contribution in [0.4, 0.5) is 5.69 Å². The van der Waals surface area contributed by atoms with Crippen LogP contribution in [0.3, 0.4) is 0 Å². The van der Waals surface area contributed by atoms with Gasteiger partial charge in [0.15, 0.2) is 0 Å². The van der Waals surface area contributed by atoms with Crippen LogP contribution in [0.25, 0.3) is 0 Å². The molecule has 0 aliphatic rings. The Morgan fingerprint density at radius 2 is 1.70 bits per heavy atom. The van der Waals surface area contributed by atoms with Crippen LogP contribution in [0.5, 0.6) is 5.75 Å². The topological polar surface area (TPSA) is 52.5 Å². The second-order valence-electron chi connectivity index (χ2n) is 1.59. The van der Waals surface area contributed by atoms with Crippen LogP contribution >= 0.6 is 0 Å². The maximum Gasteiger partial charge on any atom is 1.00 e. The van der Waals surface area contributed by atoms with Gasteiger partial charge in [0.2, 0.25) is 0 Å². The third-order valence-corrected chi connectivity index (χ3v) is 0.942. The largest absolute Gasteiger partial charge is 1.00 e. The SMILES string of the molecule is O=Nc1ccc([O-])cc1.[Li+]. The van der Waals surface area contributed by atoms with Crippen molar-refractivity contribution >= 4 is 5.69 Å². The van der Waals surface area contributed by atoms with Gasteiger partial charge in [-0.15, -0.1) is 10.7 Å². The molecule has 4 heteroatoms. The molecule has 0 unspecified atom stereocenters. The summed E-state index contributed by atoms with van der Waals surface area (Å²) in [5.41, 5.74) is 0.287. The van der Waals surface area contributed by atoms with Gasteiger partial charge in [0.25, 0.3) is 0 Å². The summed E-state index contributed by atoms with van der Waals surface area (Å²) in [6.07, 6.45) is 0. The van der Waals surface area contributed by atoms with Crippen molar-refractivity contribution in [2.24, 2.45) is 5.18 Å². The minimum atomic E-state index is -0.109. The number of nitrogens with zero attached hydrogens (tertiary/aromatic N) is 1. The summed E-state index contributed by atoms with van der Waals surface area (Å²) in [7, 11) is 0. The van der Waals surface area contributed by atoms with Gasteiger partial charge in [-0.25, -0.2) is 0 Å². The normalized spacial score (nSPS) is 8.00. The molecule has 0 amide bonds. The fourth-order valence-electron chi connectivity index (χ4n) is 0.507. The Balaban J connectivity index is 0.000000810. The van der Waals surface area contributed by atoms with Crippen molar-refractivity contribution < 1.29 is 24.0 Å². The van der Waals surface area contributed by atoms with Gasteiger partial charge in [-0.1, -0.05) is 12.1 Å². The van der Waals surface area contributed by atoms with Crippen molar-refractivity contribution in [3.63, 3.8) is 0 Å². The summed E-state index contributed by atoms with van der Waals surface area (Å²) in [4.78, 5) is 9.77. The third kappa shape index (κ3) is 2.22. The monoisotopic (exact) mass is 129 g/mol. The molecule has 0 fully saturated rings. The zero-order valence-corrected chi connectivity index (χ0v) is 5.57. The first-order chi connectivity index (χ1) is 4.33. The van der Waals surface area contributed by atoms with Gasteiger partial charge < -0.3 is 5.11 Å². The Morgan fingerprint density at radius 1 is 1.20 bits per heavy atom. The molecular weight excluding hydrogens is 125 g/mol. The van der Waals surface area contributed by atoms with E-state index in [1.165, 1.54) is 24.3 Å². The number of hydrogen-bond donors (Lipinski definition) is 0. The minimum absolute atomic E-state index is 0. The Labute approximate surface area is 70.2 Å². The predicted molar refractivity (Wildman–Crippen MR) is 31.3 cm³/mol. The summed E-state index contributed by atoms with van der Waals surface area (Å²) >= 11 is 0. The molecule has 0 saturated carbocycles. The van der Waals surface area contributed by atoms with Gasteiger partial charge in [-0.3, -0.25) is 0 Å². The van der Waals surface area contributed by atoms with E-state index in [0.29, 0.717) is 0 Å². The molecule has 0 atom stereocenters. The van der Waals surface area contributed by atoms with Crippen LogP contribution in [0.2, 0.25) is 0 Å². The maximum absolute atomic E-state index is 10.4. The van der Waals surface area contributed by atoms with Gasteiger partial charge >= 0.3 is 18.9 Å². The van der Waals surface area contributed by atoms with Crippen LogP contribution in [0.15, 0.2) is 29.4 Å². The molecule has 10 heavy (non-hydrogen) atoms. The van der Waals surface area contributed by atoms with Gasteiger partial charge in [0.05, 0.1) is 0 Å². The fourth-order valence-corrected chi connectivity index (χ4v) is 0.507. The zero-order valence-electron chi connectivity index (χ0n) is 5.57. The average Bonchev–Trinajstić information content (AvgIpc) is 1.90. The van der Waals surface area contributed by atoms with E-state index in [-0.39, 0.29) is 30.3 Å². The number of benzene rings is 1. The van der Waals surface area contributed by atoms with Gasteiger partial charge in [0.1, 0.15) is 5.69 Å². The van der Waals surface area contributed by atoms with E-state index in [0.717, 1.165) is 0 Å². The molecule has 1 aromatic carbocycles. The molecule has 0 heterocycles. The van der Waals surface area contributed by atoms with E-state index < -0.39 is 0 Å². The molecule has 0 spiro atoms. The van der Waals surface area contributed by atoms with E-state index in [1.807, 2.05) is 0 Å². The first kappa shape index (κ1) is 9.22. The molecule has 0 radical (unpaired) electrons. The molecule has 0 aliphatic heterocycles. The van der Waals surface area contributed by atoms with Gasteiger partial charge in [-0.2, -0.15) is 0 Å². The van der Waals surface area contributed by atoms with Crippen LogP contribution < -0.4 is 24.0 Å². The van der Waals surface area contributed by atoms with Gasteiger partial charge in [-0.05, 0) is 17.3 Å². The van der Waals surface area contributed by atoms with Crippen LogP contribution in [-0.4, -0.2) is 0 Å². The summed E-state index contributed by atoms with van der Waals surface area (Å²) in [6, 6.07) is 5.37. The van der Waals surface area contributed by atoms with E-state index in [1.54, 1.807) is 0 Å². The van der Waals surface area contributed by atoms with Crippen LogP contribution in [0.1, 0.15) is 0 Å². The number of nitroso groups, excluding NO2 is 1. The summed E-state index contributed by atoms with van der Waals surface area (Å²) in [6.45, 7) is 0. The van der Waals surface area contributed by atoms with E-state index in [2.05, 4.69) is 5.18 Å². The minimum Gasteiger partial charge on any atom is -0.872 e. The molecule has 0 saturated heterocycles. The van der Waals surface area contributed by atoms with Crippen molar-refractivity contribution in [3.05, 3.63) is 29.2 Å². The quantitative estimate of drug-likeness (QED) is 0.330. The second kappa shape index (κ2) is 4.10. The number of hydrogen-bond acceptors (Lipinski definition) is 3. The number of rotatable bonds is 1. The smallest absolute Gasteiger partial charge is 0.872 e. The molecule has 0 aliphatic carbocycles. The van der Waals surface area contributed by atoms with E-state index >= 15 is 0 Å². The standard InChI is InChI=1S/C6H5NO2.Li/c8-6-3-1-5(7-9)2-4-6;/h1-4,8H;/q;+1/p-1. The Hall–Kier alpha value is -0.783. The molecular formula is C6H4LiNO2. The second-order valence-corrected chi connectivity index (χ2v) is 1.59. The fraction of sp³-hybridized carbons (Fsp3) is 0. The Bertz CT molecular complexity index is 209. The summed E-state index contributed by atoms with van der Waals surface area (Å²) < 4.78 is 0. The molecule has 1 rings (SSSR count). The molecule has 1 aromatic rings. The summed E-state index contributed by atoms with van der Waals surface area (Å²) in [5, 5.41) is 13.0. The Kier molecular flexibility index (Phi) is 3.78. The van der Waals surface area contributed by atoms with Crippen molar-refractivity contribution in [1.82, 2.24) is 0 Å². The molecule has 46 valence electrons. The first-order valence-electron chi connectivity index (χ1n) is 2.43. The van der Waals surface area contributed by atoms with Crippen molar-refractivity contribution in [2.45, 2.75) is 0 Å². The first-order valence-corrected chi connectivity index (χ1v) is 2.43. The zero-order chi connectivity index (χ0) is 6.69. The summed E-state index contributed by atoms with van der Waals surface area (Å²) in [5.74, 6) is -0.109. The molecule has 0 aromatic heterocycles. The maximum atomic E-state index is 10.4. The van der Waals surface area contributed by atoms with E-state index in [4.69, 9.17) is 0 Å². The van der Waals surface area contributed by atoms with Crippen molar-refractivity contribution in [1.29, 1.82) is 0 Å². The van der Waals surface area contributed by atoms with Crippen molar-refractivity contribution in [3.8, 4) is 5.75 Å².